The number of hydrogen-bond donors (Lipinski definition) is 4. The number of benzene rings is 1. The summed E-state index contributed by atoms with van der Waals surface area (Å²) in [6.07, 6.45) is 0.242. The fourth-order valence-electron chi connectivity index (χ4n) is 2.06. The number of nitrogens with one attached hydrogen (secondary N) is 1. The van der Waals surface area contributed by atoms with Gasteiger partial charge in [0.15, 0.2) is 0 Å². The maximum atomic E-state index is 11.5. The smallest absolute Gasteiger partial charge is 0.252 e. The van der Waals surface area contributed by atoms with Gasteiger partial charge in [-0.15, -0.1) is 0 Å². The van der Waals surface area contributed by atoms with Crippen molar-refractivity contribution in [3.63, 3.8) is 0 Å². The molecule has 1 atom stereocenters. The van der Waals surface area contributed by atoms with Gasteiger partial charge in [0, 0.05) is 19.3 Å². The number of nitrogens with two attached hydrogens (primary N) is 2. The molecular formula is C15H19N5O2. The van der Waals surface area contributed by atoms with E-state index in [1.54, 1.807) is 6.07 Å². The molecule has 0 spiro atoms. The minimum atomic E-state index is -1.07. The molecule has 0 radical (unpaired) electrons. The molecule has 2 rings (SSSR count). The number of anilines is 1. The second kappa shape index (κ2) is 6.97. The molecule has 2 aromatic rings. The molecule has 1 unspecified atom stereocenters. The lowest BCUT2D eigenvalue weighted by Crippen LogP contribution is -2.20. The van der Waals surface area contributed by atoms with E-state index >= 15 is 0 Å². The summed E-state index contributed by atoms with van der Waals surface area (Å²) in [7, 11) is 0. The second-order valence-electron chi connectivity index (χ2n) is 4.89. The molecule has 116 valence electrons. The van der Waals surface area contributed by atoms with Crippen molar-refractivity contribution in [1.29, 1.82) is 0 Å². The fraction of sp³-hybridized carbons (Fsp3) is 0.267. The molecule has 6 N–H and O–H groups in total. The van der Waals surface area contributed by atoms with Crippen molar-refractivity contribution < 1.29 is 9.90 Å². The number of aliphatic hydroxyl groups excluding tert-OH is 1. The molecule has 22 heavy (non-hydrogen) atoms. The van der Waals surface area contributed by atoms with Crippen molar-refractivity contribution in [1.82, 2.24) is 9.97 Å². The zero-order valence-electron chi connectivity index (χ0n) is 12.3. The number of carbonyl (C=O) groups excluding carboxylic acids is 1. The Morgan fingerprint density at radius 3 is 2.86 bits per heavy atom. The summed E-state index contributed by atoms with van der Waals surface area (Å²) < 4.78 is 0. The molecule has 0 aliphatic heterocycles. The number of aromatic nitrogens is 2. The zero-order chi connectivity index (χ0) is 16.1. The van der Waals surface area contributed by atoms with Gasteiger partial charge in [-0.25, -0.2) is 9.97 Å². The van der Waals surface area contributed by atoms with Gasteiger partial charge in [-0.2, -0.15) is 0 Å². The van der Waals surface area contributed by atoms with Crippen LogP contribution in [-0.2, 0) is 0 Å². The van der Waals surface area contributed by atoms with Crippen molar-refractivity contribution >= 4 is 11.9 Å². The van der Waals surface area contributed by atoms with Crippen LogP contribution in [0.25, 0.3) is 0 Å². The Morgan fingerprint density at radius 1 is 1.45 bits per heavy atom. The van der Waals surface area contributed by atoms with Gasteiger partial charge in [0.25, 0.3) is 5.91 Å². The molecule has 0 bridgehead atoms. The van der Waals surface area contributed by atoms with Crippen molar-refractivity contribution in [3.8, 4) is 0 Å². The maximum Gasteiger partial charge on any atom is 0.252 e. The van der Waals surface area contributed by atoms with Crippen LogP contribution in [0.15, 0.2) is 30.5 Å². The highest BCUT2D eigenvalue weighted by Gasteiger charge is 2.21. The summed E-state index contributed by atoms with van der Waals surface area (Å²) >= 11 is 0. The number of aryl methyl sites for hydroxylation is 1. The minimum Gasteiger partial charge on any atom is -0.382 e. The standard InChI is InChI=1S/C15H19N5O2/c1-9-3-2-4-10(7-9)13(21)12-11(14(17)22)8-19-15(20-12)18-6-5-16/h2-4,7-8,13,21H,5-6,16H2,1H3,(H2,17,22)(H,18,19,20). The lowest BCUT2D eigenvalue weighted by molar-refractivity contribution is 0.0994. The van der Waals surface area contributed by atoms with E-state index in [-0.39, 0.29) is 17.2 Å². The van der Waals surface area contributed by atoms with Crippen molar-refractivity contribution in [2.45, 2.75) is 13.0 Å². The summed E-state index contributed by atoms with van der Waals surface area (Å²) in [5.74, 6) is -0.399. The van der Waals surface area contributed by atoms with E-state index in [2.05, 4.69) is 15.3 Å². The van der Waals surface area contributed by atoms with Crippen molar-refractivity contribution in [3.05, 3.63) is 52.8 Å². The highest BCUT2D eigenvalue weighted by molar-refractivity contribution is 5.93. The monoisotopic (exact) mass is 301 g/mol. The molecule has 0 aliphatic rings. The molecule has 1 amide bonds. The number of carbonyl (C=O) groups is 1. The quantitative estimate of drug-likeness (QED) is 0.609. The van der Waals surface area contributed by atoms with Gasteiger partial charge in [-0.3, -0.25) is 4.79 Å². The van der Waals surface area contributed by atoms with E-state index < -0.39 is 12.0 Å². The molecule has 0 saturated heterocycles. The van der Waals surface area contributed by atoms with Gasteiger partial charge in [-0.1, -0.05) is 29.8 Å². The van der Waals surface area contributed by atoms with Crippen LogP contribution in [0, 0.1) is 6.92 Å². The number of rotatable bonds is 6. The van der Waals surface area contributed by atoms with Crippen LogP contribution in [-0.4, -0.2) is 34.1 Å². The van der Waals surface area contributed by atoms with Crippen LogP contribution < -0.4 is 16.8 Å². The Morgan fingerprint density at radius 2 is 2.23 bits per heavy atom. The maximum absolute atomic E-state index is 11.5. The van der Waals surface area contributed by atoms with Gasteiger partial charge >= 0.3 is 0 Å². The zero-order valence-corrected chi connectivity index (χ0v) is 12.3. The Labute approximate surface area is 128 Å². The Bertz CT molecular complexity index is 675. The first kappa shape index (κ1) is 15.9. The van der Waals surface area contributed by atoms with Crippen LogP contribution >= 0.6 is 0 Å². The summed E-state index contributed by atoms with van der Waals surface area (Å²) in [5.41, 5.74) is 12.6. The van der Waals surface area contributed by atoms with Crippen molar-refractivity contribution in [2.24, 2.45) is 11.5 Å². The number of aliphatic hydroxyl groups is 1. The predicted octanol–water partition coefficient (Wildman–Crippen LogP) is 0.336. The largest absolute Gasteiger partial charge is 0.382 e. The lowest BCUT2D eigenvalue weighted by atomic mass is 10.0. The van der Waals surface area contributed by atoms with E-state index in [0.717, 1.165) is 5.56 Å². The summed E-state index contributed by atoms with van der Waals surface area (Å²) in [6.45, 7) is 2.81. The number of nitrogens with zero attached hydrogens (tertiary/aromatic N) is 2. The third kappa shape index (κ3) is 3.57. The summed E-state index contributed by atoms with van der Waals surface area (Å²) in [6, 6.07) is 7.33. The molecule has 1 aromatic heterocycles. The summed E-state index contributed by atoms with van der Waals surface area (Å²) in [5, 5.41) is 13.5. The highest BCUT2D eigenvalue weighted by atomic mass is 16.3. The average molecular weight is 301 g/mol. The lowest BCUT2D eigenvalue weighted by Gasteiger charge is -2.15. The Balaban J connectivity index is 2.43. The van der Waals surface area contributed by atoms with Gasteiger partial charge in [0.2, 0.25) is 5.95 Å². The van der Waals surface area contributed by atoms with Gasteiger partial charge in [0.1, 0.15) is 6.10 Å². The molecule has 0 fully saturated rings. The number of hydrogen-bond acceptors (Lipinski definition) is 6. The molecule has 1 heterocycles. The molecule has 0 aliphatic carbocycles. The van der Waals surface area contributed by atoms with Crippen LogP contribution in [0.3, 0.4) is 0 Å². The minimum absolute atomic E-state index is 0.0901. The first-order valence-electron chi connectivity index (χ1n) is 6.88. The summed E-state index contributed by atoms with van der Waals surface area (Å²) in [4.78, 5) is 19.8. The van der Waals surface area contributed by atoms with E-state index in [0.29, 0.717) is 18.7 Å². The van der Waals surface area contributed by atoms with Crippen LogP contribution in [0.2, 0.25) is 0 Å². The fourth-order valence-corrected chi connectivity index (χ4v) is 2.06. The Hall–Kier alpha value is -2.51. The molecule has 1 aromatic carbocycles. The number of amides is 1. The van der Waals surface area contributed by atoms with E-state index in [1.165, 1.54) is 6.20 Å². The van der Waals surface area contributed by atoms with E-state index in [1.807, 2.05) is 25.1 Å². The normalized spacial score (nSPS) is 12.0. The van der Waals surface area contributed by atoms with Crippen LogP contribution in [0.5, 0.6) is 0 Å². The third-order valence-electron chi connectivity index (χ3n) is 3.13. The van der Waals surface area contributed by atoms with Gasteiger partial charge < -0.3 is 21.9 Å². The second-order valence-corrected chi connectivity index (χ2v) is 4.89. The molecule has 7 heteroatoms. The predicted molar refractivity (Wildman–Crippen MR) is 83.3 cm³/mol. The van der Waals surface area contributed by atoms with E-state index in [4.69, 9.17) is 11.5 Å². The topological polar surface area (TPSA) is 127 Å². The molecule has 7 nitrogen and oxygen atoms in total. The van der Waals surface area contributed by atoms with Gasteiger partial charge in [-0.05, 0) is 12.5 Å². The first-order chi connectivity index (χ1) is 10.5. The SMILES string of the molecule is Cc1cccc(C(O)c2nc(NCCN)ncc2C(N)=O)c1. The number of primary amides is 1. The third-order valence-corrected chi connectivity index (χ3v) is 3.13. The molecule has 0 saturated carbocycles. The van der Waals surface area contributed by atoms with Gasteiger partial charge in [0.05, 0.1) is 11.3 Å². The van der Waals surface area contributed by atoms with E-state index in [9.17, 15) is 9.90 Å². The first-order valence-corrected chi connectivity index (χ1v) is 6.88. The highest BCUT2D eigenvalue weighted by Crippen LogP contribution is 2.24. The average Bonchev–Trinajstić information content (AvgIpc) is 2.51. The van der Waals surface area contributed by atoms with Crippen molar-refractivity contribution in [2.75, 3.05) is 18.4 Å². The van der Waals surface area contributed by atoms with Crippen LogP contribution in [0.1, 0.15) is 33.3 Å². The molecular weight excluding hydrogens is 282 g/mol. The Kier molecular flexibility index (Phi) is 5.03. The van der Waals surface area contributed by atoms with Crippen LogP contribution in [0.4, 0.5) is 5.95 Å².